The Bertz CT molecular complexity index is 784. The van der Waals surface area contributed by atoms with Gasteiger partial charge in [0.05, 0.1) is 18.4 Å². The van der Waals surface area contributed by atoms with E-state index in [4.69, 9.17) is 10.5 Å². The maximum atomic E-state index is 12.5. The molecule has 0 bridgehead atoms. The number of benzene rings is 2. The van der Waals surface area contributed by atoms with Crippen LogP contribution >= 0.6 is 0 Å². The first kappa shape index (κ1) is 16.2. The van der Waals surface area contributed by atoms with E-state index in [0.717, 1.165) is 0 Å². The molecule has 2 aromatic carbocycles. The molecule has 0 heterocycles. The molecule has 0 aliphatic heterocycles. The zero-order valence-corrected chi connectivity index (χ0v) is 12.8. The Kier molecular flexibility index (Phi) is 4.75. The summed E-state index contributed by atoms with van der Waals surface area (Å²) in [6.45, 7) is 1.42. The first-order valence-electron chi connectivity index (χ1n) is 6.83. The average Bonchev–Trinajstić information content (AvgIpc) is 2.54. The molecule has 0 aliphatic rings. The predicted molar refractivity (Wildman–Crippen MR) is 85.9 cm³/mol. The van der Waals surface area contributed by atoms with Crippen LogP contribution in [0.2, 0.25) is 0 Å². The van der Waals surface area contributed by atoms with Gasteiger partial charge in [0.1, 0.15) is 5.75 Å². The summed E-state index contributed by atoms with van der Waals surface area (Å²) in [6.07, 6.45) is 0. The van der Waals surface area contributed by atoms with Crippen LogP contribution in [0.3, 0.4) is 0 Å². The van der Waals surface area contributed by atoms with E-state index < -0.39 is 11.8 Å². The summed E-state index contributed by atoms with van der Waals surface area (Å²) in [4.78, 5) is 35.4. The molecule has 0 unspecified atom stereocenters. The summed E-state index contributed by atoms with van der Waals surface area (Å²) in [7, 11) is 1.42. The largest absolute Gasteiger partial charge is 0.496 e. The van der Waals surface area contributed by atoms with Crippen molar-refractivity contribution < 1.29 is 19.1 Å². The molecule has 3 N–H and O–H groups in total. The molecule has 0 aromatic heterocycles. The van der Waals surface area contributed by atoms with Gasteiger partial charge in [0, 0.05) is 11.1 Å². The number of para-hydroxylation sites is 1. The van der Waals surface area contributed by atoms with Crippen molar-refractivity contribution in [3.05, 3.63) is 59.2 Å². The number of anilines is 1. The maximum absolute atomic E-state index is 12.5. The van der Waals surface area contributed by atoms with E-state index in [2.05, 4.69) is 5.32 Å². The zero-order chi connectivity index (χ0) is 17.0. The lowest BCUT2D eigenvalue weighted by atomic mass is 10.1. The standard InChI is InChI=1S/C17H16N2O4/c1-10(20)12-5-3-4-6-14(12)19-17(22)13-9-11(16(18)21)7-8-15(13)23-2/h3-9H,1-2H3,(H2,18,21)(H,19,22). The van der Waals surface area contributed by atoms with Gasteiger partial charge in [-0.05, 0) is 37.3 Å². The van der Waals surface area contributed by atoms with Crippen molar-refractivity contribution in [2.45, 2.75) is 6.92 Å². The molecule has 23 heavy (non-hydrogen) atoms. The highest BCUT2D eigenvalue weighted by atomic mass is 16.5. The molecule has 2 aromatic rings. The van der Waals surface area contributed by atoms with Crippen LogP contribution in [0.25, 0.3) is 0 Å². The SMILES string of the molecule is COc1ccc(C(N)=O)cc1C(=O)Nc1ccccc1C(C)=O. The first-order valence-corrected chi connectivity index (χ1v) is 6.83. The molecule has 0 saturated carbocycles. The Morgan fingerprint density at radius 1 is 1.04 bits per heavy atom. The molecule has 0 saturated heterocycles. The van der Waals surface area contributed by atoms with Crippen molar-refractivity contribution in [1.82, 2.24) is 0 Å². The van der Waals surface area contributed by atoms with Crippen molar-refractivity contribution in [2.75, 3.05) is 12.4 Å². The van der Waals surface area contributed by atoms with Crippen LogP contribution in [0.5, 0.6) is 5.75 Å². The van der Waals surface area contributed by atoms with E-state index in [9.17, 15) is 14.4 Å². The smallest absolute Gasteiger partial charge is 0.259 e. The number of hydrogen-bond acceptors (Lipinski definition) is 4. The summed E-state index contributed by atoms with van der Waals surface area (Å²) in [6, 6.07) is 11.0. The van der Waals surface area contributed by atoms with Gasteiger partial charge in [-0.1, -0.05) is 12.1 Å². The second kappa shape index (κ2) is 6.74. The van der Waals surface area contributed by atoms with Crippen LogP contribution in [-0.4, -0.2) is 24.7 Å². The average molecular weight is 312 g/mol. The van der Waals surface area contributed by atoms with E-state index in [1.165, 1.54) is 32.2 Å². The molecule has 6 heteroatoms. The molecular weight excluding hydrogens is 296 g/mol. The van der Waals surface area contributed by atoms with E-state index in [-0.39, 0.29) is 16.9 Å². The number of primary amides is 1. The fourth-order valence-electron chi connectivity index (χ4n) is 2.13. The number of hydrogen-bond donors (Lipinski definition) is 2. The molecule has 2 rings (SSSR count). The van der Waals surface area contributed by atoms with Crippen LogP contribution in [0.4, 0.5) is 5.69 Å². The molecule has 0 fully saturated rings. The maximum Gasteiger partial charge on any atom is 0.259 e. The van der Waals surface area contributed by atoms with Crippen LogP contribution in [0.15, 0.2) is 42.5 Å². The second-order valence-corrected chi connectivity index (χ2v) is 4.84. The van der Waals surface area contributed by atoms with Crippen LogP contribution in [-0.2, 0) is 0 Å². The Hall–Kier alpha value is -3.15. The third-order valence-electron chi connectivity index (χ3n) is 3.28. The molecule has 0 atom stereocenters. The minimum absolute atomic E-state index is 0.155. The quantitative estimate of drug-likeness (QED) is 0.827. The van der Waals surface area contributed by atoms with Gasteiger partial charge >= 0.3 is 0 Å². The van der Waals surface area contributed by atoms with Gasteiger partial charge < -0.3 is 15.8 Å². The normalized spacial score (nSPS) is 10.0. The van der Waals surface area contributed by atoms with E-state index in [1.807, 2.05) is 0 Å². The number of methoxy groups -OCH3 is 1. The number of ether oxygens (including phenoxy) is 1. The topological polar surface area (TPSA) is 98.5 Å². The first-order chi connectivity index (χ1) is 10.9. The van der Waals surface area contributed by atoms with Gasteiger partial charge in [0.25, 0.3) is 5.91 Å². The minimum atomic E-state index is -0.647. The van der Waals surface area contributed by atoms with Crippen molar-refractivity contribution in [2.24, 2.45) is 5.73 Å². The molecule has 118 valence electrons. The van der Waals surface area contributed by atoms with Crippen molar-refractivity contribution >= 4 is 23.3 Å². The molecule has 0 aliphatic carbocycles. The Morgan fingerprint density at radius 2 is 1.74 bits per heavy atom. The second-order valence-electron chi connectivity index (χ2n) is 4.84. The summed E-state index contributed by atoms with van der Waals surface area (Å²) >= 11 is 0. The fraction of sp³-hybridized carbons (Fsp3) is 0.118. The van der Waals surface area contributed by atoms with Crippen LogP contribution in [0.1, 0.15) is 38.0 Å². The van der Waals surface area contributed by atoms with Crippen LogP contribution in [0, 0.1) is 0 Å². The Morgan fingerprint density at radius 3 is 2.35 bits per heavy atom. The van der Waals surface area contributed by atoms with Gasteiger partial charge in [0.2, 0.25) is 5.91 Å². The summed E-state index contributed by atoms with van der Waals surface area (Å²) in [5.41, 5.74) is 6.36. The third-order valence-corrected chi connectivity index (χ3v) is 3.28. The lowest BCUT2D eigenvalue weighted by molar-refractivity contribution is 0.0996. The highest BCUT2D eigenvalue weighted by Gasteiger charge is 2.17. The molecule has 2 amide bonds. The number of carbonyl (C=O) groups excluding carboxylic acids is 3. The van der Waals surface area contributed by atoms with E-state index >= 15 is 0 Å². The fourth-order valence-corrected chi connectivity index (χ4v) is 2.13. The van der Waals surface area contributed by atoms with E-state index in [1.54, 1.807) is 24.3 Å². The number of Topliss-reactive ketones (excluding diaryl/α,β-unsaturated/α-hetero) is 1. The number of amides is 2. The Labute approximate surface area is 133 Å². The molecule has 6 nitrogen and oxygen atoms in total. The third kappa shape index (κ3) is 3.55. The number of ketones is 1. The number of nitrogens with one attached hydrogen (secondary N) is 1. The van der Waals surface area contributed by atoms with Gasteiger partial charge in [-0.25, -0.2) is 0 Å². The molecule has 0 radical (unpaired) electrons. The summed E-state index contributed by atoms with van der Waals surface area (Å²) in [5, 5.41) is 2.66. The van der Waals surface area contributed by atoms with Crippen molar-refractivity contribution in [3.63, 3.8) is 0 Å². The highest BCUT2D eigenvalue weighted by Crippen LogP contribution is 2.23. The monoisotopic (exact) mass is 312 g/mol. The zero-order valence-electron chi connectivity index (χ0n) is 12.8. The Balaban J connectivity index is 2.40. The molecular formula is C17H16N2O4. The number of rotatable bonds is 5. The lowest BCUT2D eigenvalue weighted by Gasteiger charge is -2.12. The van der Waals surface area contributed by atoms with Gasteiger partial charge in [-0.3, -0.25) is 14.4 Å². The van der Waals surface area contributed by atoms with Crippen molar-refractivity contribution in [1.29, 1.82) is 0 Å². The van der Waals surface area contributed by atoms with Crippen LogP contribution < -0.4 is 15.8 Å². The predicted octanol–water partition coefficient (Wildman–Crippen LogP) is 2.25. The number of carbonyl (C=O) groups is 3. The van der Waals surface area contributed by atoms with E-state index in [0.29, 0.717) is 17.0 Å². The van der Waals surface area contributed by atoms with Gasteiger partial charge in [0.15, 0.2) is 5.78 Å². The number of nitrogens with two attached hydrogens (primary N) is 1. The van der Waals surface area contributed by atoms with Crippen molar-refractivity contribution in [3.8, 4) is 5.75 Å². The lowest BCUT2D eigenvalue weighted by Crippen LogP contribution is -2.17. The summed E-state index contributed by atoms with van der Waals surface area (Å²) in [5.74, 6) is -1.02. The highest BCUT2D eigenvalue weighted by molar-refractivity contribution is 6.11. The summed E-state index contributed by atoms with van der Waals surface area (Å²) < 4.78 is 5.14. The minimum Gasteiger partial charge on any atom is -0.496 e. The molecule has 0 spiro atoms. The van der Waals surface area contributed by atoms with Gasteiger partial charge in [-0.2, -0.15) is 0 Å². The van der Waals surface area contributed by atoms with Gasteiger partial charge in [-0.15, -0.1) is 0 Å².